The summed E-state index contributed by atoms with van der Waals surface area (Å²) in [5.41, 5.74) is 1.57. The molecule has 35 heavy (non-hydrogen) atoms. The lowest BCUT2D eigenvalue weighted by Gasteiger charge is -2.64. The molecule has 5 rings (SSSR count). The molecule has 4 nitrogen and oxygen atoms in total. The van der Waals surface area contributed by atoms with Gasteiger partial charge in [0.2, 0.25) is 0 Å². The van der Waals surface area contributed by atoms with E-state index in [1.165, 1.54) is 25.7 Å². The van der Waals surface area contributed by atoms with Gasteiger partial charge < -0.3 is 14.6 Å². The molecule has 0 spiro atoms. The highest BCUT2D eigenvalue weighted by Gasteiger charge is 2.67. The molecule has 0 amide bonds. The fraction of sp³-hybridized carbons (Fsp3) is 0.903. The molecule has 4 fully saturated rings. The average molecular weight is 487 g/mol. The Balaban J connectivity index is 1.46. The van der Waals surface area contributed by atoms with Crippen LogP contribution >= 0.6 is 0 Å². The number of allylic oxidation sites excluding steroid dienone is 1. The summed E-state index contributed by atoms with van der Waals surface area (Å²) in [6, 6.07) is 0. The summed E-state index contributed by atoms with van der Waals surface area (Å²) in [5.74, 6) is 2.23. The van der Waals surface area contributed by atoms with Gasteiger partial charge in [0, 0.05) is 24.9 Å². The quantitative estimate of drug-likeness (QED) is 0.363. The first-order valence-electron chi connectivity index (χ1n) is 14.3. The van der Waals surface area contributed by atoms with Gasteiger partial charge in [-0.1, -0.05) is 53.2 Å². The second kappa shape index (κ2) is 7.90. The van der Waals surface area contributed by atoms with Crippen LogP contribution in [0.25, 0.3) is 0 Å². The van der Waals surface area contributed by atoms with Crippen LogP contribution in [0.2, 0.25) is 0 Å². The van der Waals surface area contributed by atoms with E-state index in [1.807, 2.05) is 7.11 Å². The topological polar surface area (TPSA) is 59.1 Å². The predicted molar refractivity (Wildman–Crippen MR) is 139 cm³/mol. The van der Waals surface area contributed by atoms with Crippen molar-refractivity contribution in [2.75, 3.05) is 7.11 Å². The fourth-order valence-electron chi connectivity index (χ4n) is 10.3. The lowest BCUT2D eigenvalue weighted by Crippen LogP contribution is -2.61. The van der Waals surface area contributed by atoms with Crippen LogP contribution < -0.4 is 0 Å². The summed E-state index contributed by atoms with van der Waals surface area (Å²) in [6.45, 7) is 18.4. The van der Waals surface area contributed by atoms with Gasteiger partial charge in [0.15, 0.2) is 0 Å². The van der Waals surface area contributed by atoms with Gasteiger partial charge in [0.1, 0.15) is 11.9 Å². The molecule has 198 valence electrons. The summed E-state index contributed by atoms with van der Waals surface area (Å²) in [5, 5.41) is 10.9. The molecule has 0 aromatic rings. The maximum Gasteiger partial charge on any atom is 0.138 e. The lowest BCUT2D eigenvalue weighted by atomic mass is 9.40. The van der Waals surface area contributed by atoms with Crippen molar-refractivity contribution in [3.8, 4) is 0 Å². The molecule has 5 aliphatic rings. The summed E-state index contributed by atoms with van der Waals surface area (Å²) in [4.78, 5) is 13.0. The number of hydrogen-bond acceptors (Lipinski definition) is 4. The Morgan fingerprint density at radius 1 is 1.09 bits per heavy atom. The van der Waals surface area contributed by atoms with Crippen molar-refractivity contribution in [1.29, 1.82) is 0 Å². The lowest BCUT2D eigenvalue weighted by molar-refractivity contribution is -0.159. The van der Waals surface area contributed by atoms with E-state index in [1.54, 1.807) is 5.57 Å². The van der Waals surface area contributed by atoms with E-state index in [9.17, 15) is 9.90 Å². The highest BCUT2D eigenvalue weighted by Crippen LogP contribution is 2.73. The molecule has 1 saturated heterocycles. The minimum Gasteiger partial charge on any atom is -0.390 e. The Morgan fingerprint density at radius 3 is 2.34 bits per heavy atom. The van der Waals surface area contributed by atoms with Gasteiger partial charge in [0.05, 0.1) is 17.8 Å². The molecule has 4 heteroatoms. The zero-order chi connectivity index (χ0) is 25.8. The number of carbonyl (C=O) groups is 1. The number of rotatable bonds is 5. The van der Waals surface area contributed by atoms with Crippen molar-refractivity contribution in [2.24, 2.45) is 45.3 Å². The Bertz CT molecular complexity index is 919. The van der Waals surface area contributed by atoms with Crippen molar-refractivity contribution >= 4 is 5.78 Å². The van der Waals surface area contributed by atoms with Crippen molar-refractivity contribution in [3.05, 3.63) is 11.6 Å². The average Bonchev–Trinajstić information content (AvgIpc) is 3.31. The van der Waals surface area contributed by atoms with Crippen LogP contribution in [0.1, 0.15) is 100 Å². The second-order valence-electron chi connectivity index (χ2n) is 14.9. The SMILES string of the molecule is CO[C@H]1C=C2[C@H](CC[C@@]3(C)[C@H]([C@@H](C)C[C@@H](O)[C@@H]4OC4(C)C)CC[C@]23C)[C@@]2(C)CCC(=O)C(C)(C)[C@H]12. The van der Waals surface area contributed by atoms with E-state index in [2.05, 4.69) is 61.5 Å². The third-order valence-corrected chi connectivity index (χ3v) is 12.5. The van der Waals surface area contributed by atoms with E-state index in [-0.39, 0.29) is 51.5 Å². The van der Waals surface area contributed by atoms with Gasteiger partial charge in [0.25, 0.3) is 0 Å². The molecule has 1 aliphatic heterocycles. The van der Waals surface area contributed by atoms with Crippen molar-refractivity contribution in [2.45, 2.75) is 124 Å². The monoisotopic (exact) mass is 486 g/mol. The van der Waals surface area contributed by atoms with Crippen LogP contribution in [0.15, 0.2) is 11.6 Å². The maximum atomic E-state index is 13.0. The number of aliphatic hydroxyl groups is 1. The fourth-order valence-corrected chi connectivity index (χ4v) is 10.3. The molecule has 1 N–H and O–H groups in total. The molecule has 0 unspecified atom stereocenters. The largest absolute Gasteiger partial charge is 0.390 e. The number of aliphatic hydroxyl groups excluding tert-OH is 1. The minimum absolute atomic E-state index is 0.00258. The molecular formula is C31H50O4. The number of Topliss-reactive ketones (excluding diaryl/α,β-unsaturated/α-hetero) is 1. The van der Waals surface area contributed by atoms with Gasteiger partial charge in [-0.25, -0.2) is 0 Å². The van der Waals surface area contributed by atoms with E-state index in [0.29, 0.717) is 30.0 Å². The number of carbonyl (C=O) groups excluding carboxylic acids is 1. The van der Waals surface area contributed by atoms with Crippen LogP contribution in [-0.4, -0.2) is 41.9 Å². The standard InChI is InChI=1S/C31H50O4/c1-18(16-22(32)26-28(4,5)35-26)19-10-14-31(8)21-17-23(34-9)25-27(2,3)24(33)12-13-29(25,6)20(21)11-15-30(19,31)7/h17-20,22-23,25-26,32H,10-16H2,1-9H3/t18-,19-,20-,22+,23-,25-,26-,29+,30-,31+/m0/s1. The molecule has 0 aromatic carbocycles. The second-order valence-corrected chi connectivity index (χ2v) is 14.9. The summed E-state index contributed by atoms with van der Waals surface area (Å²) in [7, 11) is 1.84. The van der Waals surface area contributed by atoms with Crippen LogP contribution in [0, 0.1) is 45.3 Å². The summed E-state index contributed by atoms with van der Waals surface area (Å²) in [6.07, 6.45) is 9.47. The van der Waals surface area contributed by atoms with E-state index >= 15 is 0 Å². The van der Waals surface area contributed by atoms with Gasteiger partial charge in [-0.05, 0) is 86.4 Å². The predicted octanol–water partition coefficient (Wildman–Crippen LogP) is 6.35. The summed E-state index contributed by atoms with van der Waals surface area (Å²) < 4.78 is 12.0. The van der Waals surface area contributed by atoms with Crippen molar-refractivity contribution < 1.29 is 19.4 Å². The third kappa shape index (κ3) is 3.44. The molecule has 10 atom stereocenters. The molecule has 0 bridgehead atoms. The molecule has 1 heterocycles. The molecular weight excluding hydrogens is 436 g/mol. The number of hydrogen-bond donors (Lipinski definition) is 1. The van der Waals surface area contributed by atoms with Crippen molar-refractivity contribution in [1.82, 2.24) is 0 Å². The highest BCUT2D eigenvalue weighted by atomic mass is 16.6. The third-order valence-electron chi connectivity index (χ3n) is 12.5. The Hall–Kier alpha value is -0.710. The summed E-state index contributed by atoms with van der Waals surface area (Å²) >= 11 is 0. The Labute approximate surface area is 213 Å². The first kappa shape index (κ1) is 25.9. The molecule has 0 aromatic heterocycles. The van der Waals surface area contributed by atoms with E-state index in [4.69, 9.17) is 9.47 Å². The van der Waals surface area contributed by atoms with Gasteiger partial charge >= 0.3 is 0 Å². The van der Waals surface area contributed by atoms with Crippen LogP contribution in [0.5, 0.6) is 0 Å². The van der Waals surface area contributed by atoms with E-state index < -0.39 is 0 Å². The molecule has 3 saturated carbocycles. The number of methoxy groups -OCH3 is 1. The Kier molecular flexibility index (Phi) is 5.85. The van der Waals surface area contributed by atoms with Gasteiger partial charge in [-0.2, -0.15) is 0 Å². The van der Waals surface area contributed by atoms with Crippen LogP contribution in [0.3, 0.4) is 0 Å². The first-order valence-corrected chi connectivity index (χ1v) is 14.3. The number of epoxide rings is 1. The number of ether oxygens (including phenoxy) is 2. The van der Waals surface area contributed by atoms with Crippen LogP contribution in [-0.2, 0) is 14.3 Å². The smallest absolute Gasteiger partial charge is 0.138 e. The molecule has 4 aliphatic carbocycles. The minimum atomic E-state index is -0.375. The number of ketones is 1. The van der Waals surface area contributed by atoms with Crippen molar-refractivity contribution in [3.63, 3.8) is 0 Å². The van der Waals surface area contributed by atoms with E-state index in [0.717, 1.165) is 12.8 Å². The maximum absolute atomic E-state index is 13.0. The normalized spacial score (nSPS) is 49.4. The van der Waals surface area contributed by atoms with Crippen LogP contribution in [0.4, 0.5) is 0 Å². The highest BCUT2D eigenvalue weighted by molar-refractivity contribution is 5.85. The Morgan fingerprint density at radius 2 is 1.74 bits per heavy atom. The zero-order valence-electron chi connectivity index (χ0n) is 23.7. The zero-order valence-corrected chi connectivity index (χ0v) is 23.7. The first-order chi connectivity index (χ1) is 16.1. The van der Waals surface area contributed by atoms with Gasteiger partial charge in [-0.15, -0.1) is 0 Å². The number of fused-ring (bicyclic) bond motifs is 5. The molecule has 0 radical (unpaired) electrons. The van der Waals surface area contributed by atoms with Gasteiger partial charge in [-0.3, -0.25) is 4.79 Å².